The van der Waals surface area contributed by atoms with E-state index >= 15 is 0 Å². The zero-order valence-corrected chi connectivity index (χ0v) is 13.8. The molecule has 0 spiro atoms. The Hall–Kier alpha value is -2.49. The van der Waals surface area contributed by atoms with Gasteiger partial charge in [-0.25, -0.2) is 9.97 Å². The molecule has 0 saturated carbocycles. The second-order valence-electron chi connectivity index (χ2n) is 6.08. The Kier molecular flexibility index (Phi) is 5.04. The summed E-state index contributed by atoms with van der Waals surface area (Å²) in [6.07, 6.45) is 3.19. The second-order valence-corrected chi connectivity index (χ2v) is 6.08. The van der Waals surface area contributed by atoms with E-state index in [1.165, 1.54) is 5.56 Å². The minimum absolute atomic E-state index is 0.0781. The van der Waals surface area contributed by atoms with Crippen LogP contribution in [0.4, 0.5) is 5.82 Å². The number of hydrogen-bond donors (Lipinski definition) is 1. The molecule has 124 valence electrons. The summed E-state index contributed by atoms with van der Waals surface area (Å²) in [5.74, 6) is 0.679. The zero-order valence-electron chi connectivity index (χ0n) is 13.8. The highest BCUT2D eigenvalue weighted by molar-refractivity contribution is 5.50. The third-order valence-electron chi connectivity index (χ3n) is 4.44. The zero-order chi connectivity index (χ0) is 16.9. The van der Waals surface area contributed by atoms with E-state index in [2.05, 4.69) is 44.9 Å². The highest BCUT2D eigenvalue weighted by Crippen LogP contribution is 2.20. The van der Waals surface area contributed by atoms with Crippen LogP contribution in [0.25, 0.3) is 0 Å². The lowest BCUT2D eigenvalue weighted by atomic mass is 10.1. The molecular formula is C18H21N5O. The Balaban J connectivity index is 1.65. The van der Waals surface area contributed by atoms with E-state index in [1.807, 2.05) is 12.1 Å². The van der Waals surface area contributed by atoms with Gasteiger partial charge in [-0.3, -0.25) is 4.90 Å². The number of aromatic nitrogens is 2. The number of aliphatic hydroxyl groups excluding tert-OH is 1. The summed E-state index contributed by atoms with van der Waals surface area (Å²) >= 11 is 0. The predicted octanol–water partition coefficient (Wildman–Crippen LogP) is 1.55. The summed E-state index contributed by atoms with van der Waals surface area (Å²) in [6.45, 7) is 5.70. The summed E-state index contributed by atoms with van der Waals surface area (Å²) in [5.41, 5.74) is 2.56. The SMILES string of the molecule is CC1CN(c2nccnc2C#N)CCN1Cc1ccc(CO)cc1. The molecule has 0 radical (unpaired) electrons. The predicted molar refractivity (Wildman–Crippen MR) is 91.2 cm³/mol. The van der Waals surface area contributed by atoms with Gasteiger partial charge in [0.25, 0.3) is 0 Å². The van der Waals surface area contributed by atoms with Crippen molar-refractivity contribution in [3.8, 4) is 6.07 Å². The van der Waals surface area contributed by atoms with Gasteiger partial charge in [0.2, 0.25) is 0 Å². The van der Waals surface area contributed by atoms with E-state index in [9.17, 15) is 5.26 Å². The monoisotopic (exact) mass is 323 g/mol. The van der Waals surface area contributed by atoms with Gasteiger partial charge in [-0.15, -0.1) is 0 Å². The van der Waals surface area contributed by atoms with Crippen LogP contribution in [0.2, 0.25) is 0 Å². The highest BCUT2D eigenvalue weighted by Gasteiger charge is 2.26. The van der Waals surface area contributed by atoms with Gasteiger partial charge in [-0.05, 0) is 18.1 Å². The number of hydrogen-bond acceptors (Lipinski definition) is 6. The molecule has 1 N–H and O–H groups in total. The molecule has 24 heavy (non-hydrogen) atoms. The molecule has 1 saturated heterocycles. The third kappa shape index (κ3) is 3.53. The van der Waals surface area contributed by atoms with Crippen LogP contribution in [0.15, 0.2) is 36.7 Å². The van der Waals surface area contributed by atoms with Gasteiger partial charge < -0.3 is 10.0 Å². The topological polar surface area (TPSA) is 76.3 Å². The Morgan fingerprint density at radius 1 is 1.17 bits per heavy atom. The average molecular weight is 323 g/mol. The number of nitriles is 1. The first kappa shape index (κ1) is 16.4. The van der Waals surface area contributed by atoms with Crippen LogP contribution in [0.3, 0.4) is 0 Å². The number of rotatable bonds is 4. The maximum Gasteiger partial charge on any atom is 0.183 e. The van der Waals surface area contributed by atoms with Gasteiger partial charge in [-0.2, -0.15) is 5.26 Å². The largest absolute Gasteiger partial charge is 0.392 e. The van der Waals surface area contributed by atoms with Crippen molar-refractivity contribution in [3.63, 3.8) is 0 Å². The average Bonchev–Trinajstić information content (AvgIpc) is 2.64. The number of nitrogens with zero attached hydrogens (tertiary/aromatic N) is 5. The van der Waals surface area contributed by atoms with Gasteiger partial charge in [0.15, 0.2) is 11.5 Å². The lowest BCUT2D eigenvalue weighted by Gasteiger charge is -2.40. The summed E-state index contributed by atoms with van der Waals surface area (Å²) < 4.78 is 0. The molecule has 3 rings (SSSR count). The third-order valence-corrected chi connectivity index (χ3v) is 4.44. The molecule has 2 aromatic rings. The first-order valence-corrected chi connectivity index (χ1v) is 8.10. The van der Waals surface area contributed by atoms with Crippen molar-refractivity contribution < 1.29 is 5.11 Å². The Bertz CT molecular complexity index is 725. The van der Waals surface area contributed by atoms with Crippen molar-refractivity contribution in [2.75, 3.05) is 24.5 Å². The van der Waals surface area contributed by atoms with Crippen LogP contribution in [0.1, 0.15) is 23.7 Å². The molecule has 1 aromatic heterocycles. The van der Waals surface area contributed by atoms with E-state index in [0.29, 0.717) is 17.6 Å². The van der Waals surface area contributed by atoms with Crippen molar-refractivity contribution >= 4 is 5.82 Å². The molecule has 1 fully saturated rings. The van der Waals surface area contributed by atoms with Crippen molar-refractivity contribution in [2.24, 2.45) is 0 Å². The standard InChI is InChI=1S/C18H21N5O/c1-14-11-23(18-17(10-19)20-6-7-21-18)9-8-22(14)12-15-2-4-16(13-24)5-3-15/h2-7,14,24H,8-9,11-13H2,1H3. The maximum atomic E-state index is 9.20. The molecule has 2 heterocycles. The Labute approximate surface area is 142 Å². The summed E-state index contributed by atoms with van der Waals surface area (Å²) in [5, 5.41) is 18.3. The second kappa shape index (κ2) is 7.39. The molecule has 0 aliphatic carbocycles. The Morgan fingerprint density at radius 3 is 2.54 bits per heavy atom. The van der Waals surface area contributed by atoms with Crippen molar-refractivity contribution in [1.82, 2.24) is 14.9 Å². The van der Waals surface area contributed by atoms with Crippen molar-refractivity contribution in [2.45, 2.75) is 26.1 Å². The van der Waals surface area contributed by atoms with Gasteiger partial charge in [0.05, 0.1) is 6.61 Å². The van der Waals surface area contributed by atoms with Gasteiger partial charge in [0.1, 0.15) is 6.07 Å². The summed E-state index contributed by atoms with van der Waals surface area (Å²) in [7, 11) is 0. The van der Waals surface area contributed by atoms with E-state index < -0.39 is 0 Å². The molecule has 1 unspecified atom stereocenters. The fourth-order valence-corrected chi connectivity index (χ4v) is 3.05. The first-order valence-electron chi connectivity index (χ1n) is 8.10. The molecule has 6 nitrogen and oxygen atoms in total. The summed E-state index contributed by atoms with van der Waals surface area (Å²) in [4.78, 5) is 13.0. The molecule has 1 aliphatic rings. The molecule has 6 heteroatoms. The van der Waals surface area contributed by atoms with E-state index in [4.69, 9.17) is 5.11 Å². The van der Waals surface area contributed by atoms with Crippen LogP contribution < -0.4 is 4.90 Å². The molecule has 1 aromatic carbocycles. The van der Waals surface area contributed by atoms with Crippen LogP contribution in [0, 0.1) is 11.3 Å². The quantitative estimate of drug-likeness (QED) is 0.920. The molecule has 0 bridgehead atoms. The van der Waals surface area contributed by atoms with E-state index in [-0.39, 0.29) is 6.61 Å². The summed E-state index contributed by atoms with van der Waals surface area (Å²) in [6, 6.07) is 10.5. The van der Waals surface area contributed by atoms with Crippen LogP contribution in [-0.2, 0) is 13.2 Å². The number of aliphatic hydroxyl groups is 1. The van der Waals surface area contributed by atoms with Crippen molar-refractivity contribution in [3.05, 3.63) is 53.5 Å². The molecule has 1 atom stereocenters. The normalized spacial score (nSPS) is 18.4. The van der Waals surface area contributed by atoms with Crippen LogP contribution in [0.5, 0.6) is 0 Å². The van der Waals surface area contributed by atoms with Crippen molar-refractivity contribution in [1.29, 1.82) is 5.26 Å². The highest BCUT2D eigenvalue weighted by atomic mass is 16.3. The maximum absolute atomic E-state index is 9.20. The number of benzene rings is 1. The van der Waals surface area contributed by atoms with E-state index in [1.54, 1.807) is 12.4 Å². The minimum Gasteiger partial charge on any atom is -0.392 e. The van der Waals surface area contributed by atoms with Gasteiger partial charge in [0, 0.05) is 44.6 Å². The lowest BCUT2D eigenvalue weighted by Crippen LogP contribution is -2.51. The number of anilines is 1. The minimum atomic E-state index is 0.0781. The number of piperazine rings is 1. The fourth-order valence-electron chi connectivity index (χ4n) is 3.05. The van der Waals surface area contributed by atoms with E-state index in [0.717, 1.165) is 31.7 Å². The lowest BCUT2D eigenvalue weighted by molar-refractivity contribution is 0.180. The smallest absolute Gasteiger partial charge is 0.183 e. The molecule has 1 aliphatic heterocycles. The van der Waals surface area contributed by atoms with Crippen LogP contribution >= 0.6 is 0 Å². The van der Waals surface area contributed by atoms with Crippen LogP contribution in [-0.4, -0.2) is 45.7 Å². The molecule has 0 amide bonds. The van der Waals surface area contributed by atoms with Gasteiger partial charge in [-0.1, -0.05) is 24.3 Å². The first-order chi connectivity index (χ1) is 11.7. The van der Waals surface area contributed by atoms with Gasteiger partial charge >= 0.3 is 0 Å². The fraction of sp³-hybridized carbons (Fsp3) is 0.389. The molecular weight excluding hydrogens is 302 g/mol. The Morgan fingerprint density at radius 2 is 1.88 bits per heavy atom.